The molecule has 0 aromatic heterocycles. The summed E-state index contributed by atoms with van der Waals surface area (Å²) in [6.07, 6.45) is 4.03. The van der Waals surface area contributed by atoms with Gasteiger partial charge in [-0.3, -0.25) is 0 Å². The summed E-state index contributed by atoms with van der Waals surface area (Å²) in [5, 5.41) is 1.00. The van der Waals surface area contributed by atoms with Crippen molar-refractivity contribution in [2.24, 2.45) is 0 Å². The molecule has 0 bridgehead atoms. The van der Waals surface area contributed by atoms with Gasteiger partial charge in [0, 0.05) is 12.3 Å². The van der Waals surface area contributed by atoms with Crippen molar-refractivity contribution in [3.8, 4) is 11.5 Å². The Kier molecular flexibility index (Phi) is 8.07. The van der Waals surface area contributed by atoms with Gasteiger partial charge >= 0.3 is 0 Å². The molecule has 0 amide bonds. The van der Waals surface area contributed by atoms with Crippen LogP contribution in [0.2, 0.25) is 10.0 Å². The molecule has 0 aliphatic heterocycles. The highest BCUT2D eigenvalue weighted by molar-refractivity contribution is 7.89. The van der Waals surface area contributed by atoms with Gasteiger partial charge in [0.05, 0.1) is 29.0 Å². The molecule has 0 spiro atoms. The van der Waals surface area contributed by atoms with E-state index in [0.717, 1.165) is 30.6 Å². The van der Waals surface area contributed by atoms with Gasteiger partial charge in [-0.05, 0) is 49.1 Å². The lowest BCUT2D eigenvalue weighted by Crippen LogP contribution is -2.02. The Hall–Kier alpha value is -1.43. The minimum Gasteiger partial charge on any atom is -0.494 e. The SMILES string of the molecule is CS(=O)(=O)Cc1ccc(OCCCCCOc2ccc(Cl)c(Cl)c2)cc1. The molecule has 0 heterocycles. The fourth-order valence-electron chi connectivity index (χ4n) is 2.31. The molecule has 0 fully saturated rings. The van der Waals surface area contributed by atoms with E-state index in [1.807, 2.05) is 0 Å². The third-order valence-corrected chi connectivity index (χ3v) is 5.17. The Morgan fingerprint density at radius 2 is 1.38 bits per heavy atom. The molecule has 142 valence electrons. The van der Waals surface area contributed by atoms with Crippen molar-refractivity contribution < 1.29 is 17.9 Å². The first-order chi connectivity index (χ1) is 12.3. The maximum absolute atomic E-state index is 11.3. The Morgan fingerprint density at radius 1 is 0.808 bits per heavy atom. The van der Waals surface area contributed by atoms with E-state index in [1.165, 1.54) is 6.26 Å². The second-order valence-corrected chi connectivity index (χ2v) is 9.00. The van der Waals surface area contributed by atoms with Gasteiger partial charge in [0.15, 0.2) is 9.84 Å². The van der Waals surface area contributed by atoms with Crippen LogP contribution in [0.4, 0.5) is 0 Å². The highest BCUT2D eigenvalue weighted by Crippen LogP contribution is 2.26. The molecule has 0 atom stereocenters. The lowest BCUT2D eigenvalue weighted by Gasteiger charge is -2.08. The van der Waals surface area contributed by atoms with E-state index in [2.05, 4.69) is 0 Å². The van der Waals surface area contributed by atoms with Crippen molar-refractivity contribution in [2.75, 3.05) is 19.5 Å². The van der Waals surface area contributed by atoms with Crippen molar-refractivity contribution in [1.82, 2.24) is 0 Å². The predicted octanol–water partition coefficient (Wildman–Crippen LogP) is 5.17. The van der Waals surface area contributed by atoms with Gasteiger partial charge < -0.3 is 9.47 Å². The van der Waals surface area contributed by atoms with Crippen LogP contribution in [0.3, 0.4) is 0 Å². The van der Waals surface area contributed by atoms with E-state index in [1.54, 1.807) is 42.5 Å². The third-order valence-electron chi connectivity index (χ3n) is 3.57. The molecule has 0 radical (unpaired) electrons. The van der Waals surface area contributed by atoms with E-state index in [-0.39, 0.29) is 5.75 Å². The third kappa shape index (κ3) is 7.85. The highest BCUT2D eigenvalue weighted by Gasteiger charge is 2.04. The molecule has 0 aliphatic rings. The molecular weight excluding hydrogens is 395 g/mol. The van der Waals surface area contributed by atoms with E-state index < -0.39 is 9.84 Å². The summed E-state index contributed by atoms with van der Waals surface area (Å²) in [4.78, 5) is 0. The summed E-state index contributed by atoms with van der Waals surface area (Å²) in [6.45, 7) is 1.22. The zero-order valence-electron chi connectivity index (χ0n) is 14.6. The van der Waals surface area contributed by atoms with Crippen molar-refractivity contribution in [1.29, 1.82) is 0 Å². The molecule has 26 heavy (non-hydrogen) atoms. The summed E-state index contributed by atoms with van der Waals surface area (Å²) in [7, 11) is -3.01. The van der Waals surface area contributed by atoms with Gasteiger partial charge in [-0.1, -0.05) is 35.3 Å². The minimum absolute atomic E-state index is 0.0477. The predicted molar refractivity (Wildman–Crippen MR) is 106 cm³/mol. The average molecular weight is 417 g/mol. The van der Waals surface area contributed by atoms with Crippen LogP contribution in [0, 0.1) is 0 Å². The van der Waals surface area contributed by atoms with E-state index in [4.69, 9.17) is 32.7 Å². The van der Waals surface area contributed by atoms with Gasteiger partial charge in [0.1, 0.15) is 11.5 Å². The normalized spacial score (nSPS) is 11.3. The average Bonchev–Trinajstić information content (AvgIpc) is 2.57. The maximum atomic E-state index is 11.3. The van der Waals surface area contributed by atoms with Crippen LogP contribution in [0.25, 0.3) is 0 Å². The molecule has 4 nitrogen and oxygen atoms in total. The van der Waals surface area contributed by atoms with Crippen LogP contribution in [-0.2, 0) is 15.6 Å². The van der Waals surface area contributed by atoms with E-state index >= 15 is 0 Å². The second kappa shape index (κ2) is 10.0. The smallest absolute Gasteiger partial charge is 0.151 e. The summed E-state index contributed by atoms with van der Waals surface area (Å²) in [6, 6.07) is 12.4. The highest BCUT2D eigenvalue weighted by atomic mass is 35.5. The van der Waals surface area contributed by atoms with Crippen molar-refractivity contribution in [3.05, 3.63) is 58.1 Å². The molecular formula is C19H22Cl2O4S. The van der Waals surface area contributed by atoms with Crippen LogP contribution < -0.4 is 9.47 Å². The number of sulfone groups is 1. The fourth-order valence-corrected chi connectivity index (χ4v) is 3.40. The van der Waals surface area contributed by atoms with E-state index in [9.17, 15) is 8.42 Å². The topological polar surface area (TPSA) is 52.6 Å². The number of benzene rings is 2. The molecule has 2 aromatic carbocycles. The van der Waals surface area contributed by atoms with Crippen LogP contribution >= 0.6 is 23.2 Å². The Bertz CT molecular complexity index is 805. The number of hydrogen-bond donors (Lipinski definition) is 0. The monoisotopic (exact) mass is 416 g/mol. The number of rotatable bonds is 10. The molecule has 2 rings (SSSR count). The van der Waals surface area contributed by atoms with Crippen molar-refractivity contribution >= 4 is 33.0 Å². The lowest BCUT2D eigenvalue weighted by molar-refractivity contribution is 0.279. The number of hydrogen-bond acceptors (Lipinski definition) is 4. The van der Waals surface area contributed by atoms with Gasteiger partial charge in [0.25, 0.3) is 0 Å². The van der Waals surface area contributed by atoms with Crippen LogP contribution in [-0.4, -0.2) is 27.9 Å². The van der Waals surface area contributed by atoms with Gasteiger partial charge in [0.2, 0.25) is 0 Å². The molecule has 0 aliphatic carbocycles. The molecule has 0 unspecified atom stereocenters. The first kappa shape index (κ1) is 20.9. The molecule has 7 heteroatoms. The van der Waals surface area contributed by atoms with Crippen LogP contribution in [0.1, 0.15) is 24.8 Å². The number of ether oxygens (including phenoxy) is 2. The lowest BCUT2D eigenvalue weighted by atomic mass is 10.2. The largest absolute Gasteiger partial charge is 0.494 e. The van der Waals surface area contributed by atoms with Gasteiger partial charge in [-0.15, -0.1) is 0 Å². The summed E-state index contributed by atoms with van der Waals surface area (Å²) in [5.74, 6) is 1.51. The first-order valence-corrected chi connectivity index (χ1v) is 11.1. The minimum atomic E-state index is -3.01. The molecule has 0 N–H and O–H groups in total. The summed E-state index contributed by atoms with van der Waals surface area (Å²) < 4.78 is 33.8. The van der Waals surface area contributed by atoms with Gasteiger partial charge in [-0.25, -0.2) is 8.42 Å². The fraction of sp³-hybridized carbons (Fsp3) is 0.368. The second-order valence-electron chi connectivity index (χ2n) is 6.05. The van der Waals surface area contributed by atoms with Crippen molar-refractivity contribution in [2.45, 2.75) is 25.0 Å². The van der Waals surface area contributed by atoms with Crippen LogP contribution in [0.5, 0.6) is 11.5 Å². The Balaban J connectivity index is 1.59. The Morgan fingerprint density at radius 3 is 1.96 bits per heavy atom. The zero-order chi connectivity index (χ0) is 19.0. The molecule has 0 saturated heterocycles. The van der Waals surface area contributed by atoms with Gasteiger partial charge in [-0.2, -0.15) is 0 Å². The molecule has 2 aromatic rings. The quantitative estimate of drug-likeness (QED) is 0.501. The Labute approximate surface area is 165 Å². The zero-order valence-corrected chi connectivity index (χ0v) is 16.9. The maximum Gasteiger partial charge on any atom is 0.151 e. The number of unbranched alkanes of at least 4 members (excludes halogenated alkanes) is 2. The first-order valence-electron chi connectivity index (χ1n) is 8.31. The summed E-state index contributed by atoms with van der Waals surface area (Å²) >= 11 is 11.8. The van der Waals surface area contributed by atoms with Crippen molar-refractivity contribution in [3.63, 3.8) is 0 Å². The standard InChI is InChI=1S/C19H22Cl2O4S/c1-26(22,23)14-15-5-7-16(8-6-15)24-11-3-2-4-12-25-17-9-10-18(20)19(21)13-17/h5-10,13H,2-4,11-12,14H2,1H3. The number of halogens is 2. The van der Waals surface area contributed by atoms with Crippen LogP contribution in [0.15, 0.2) is 42.5 Å². The van der Waals surface area contributed by atoms with E-state index in [0.29, 0.717) is 29.0 Å². The molecule has 0 saturated carbocycles. The summed E-state index contributed by atoms with van der Waals surface area (Å²) in [5.41, 5.74) is 0.763.